The van der Waals surface area contributed by atoms with Crippen LogP contribution in [-0.2, 0) is 19.6 Å². The van der Waals surface area contributed by atoms with Crippen molar-refractivity contribution in [3.63, 3.8) is 0 Å². The lowest BCUT2D eigenvalue weighted by atomic mass is 10.2. The molecule has 1 aromatic carbocycles. The highest BCUT2D eigenvalue weighted by Gasteiger charge is 2.30. The van der Waals surface area contributed by atoms with Crippen LogP contribution in [0.5, 0.6) is 5.75 Å². The first-order valence-electron chi connectivity index (χ1n) is 8.53. The zero-order valence-electron chi connectivity index (χ0n) is 15.3. The van der Waals surface area contributed by atoms with Gasteiger partial charge in [-0.3, -0.25) is 4.79 Å². The van der Waals surface area contributed by atoms with E-state index in [1.807, 2.05) is 32.0 Å². The van der Waals surface area contributed by atoms with E-state index in [1.54, 1.807) is 19.3 Å². The van der Waals surface area contributed by atoms with Gasteiger partial charge >= 0.3 is 0 Å². The van der Waals surface area contributed by atoms with Crippen molar-refractivity contribution in [2.75, 3.05) is 32.5 Å². The van der Waals surface area contributed by atoms with Gasteiger partial charge in [0.15, 0.2) is 0 Å². The summed E-state index contributed by atoms with van der Waals surface area (Å²) in [6, 6.07) is 7.29. The van der Waals surface area contributed by atoms with Gasteiger partial charge in [0, 0.05) is 25.7 Å². The molecule has 1 aromatic rings. The molecular formula is C18H26N2O5S. The molecule has 8 heteroatoms. The fourth-order valence-electron chi connectivity index (χ4n) is 2.77. The average Bonchev–Trinajstić information content (AvgIpc) is 2.59. The van der Waals surface area contributed by atoms with Gasteiger partial charge in [0.05, 0.1) is 25.1 Å². The topological polar surface area (TPSA) is 84.9 Å². The van der Waals surface area contributed by atoms with Crippen molar-refractivity contribution in [1.29, 1.82) is 0 Å². The van der Waals surface area contributed by atoms with Gasteiger partial charge < -0.3 is 14.8 Å². The van der Waals surface area contributed by atoms with Crippen LogP contribution in [0.15, 0.2) is 30.3 Å². The van der Waals surface area contributed by atoms with Crippen LogP contribution in [0, 0.1) is 0 Å². The zero-order valence-corrected chi connectivity index (χ0v) is 16.2. The van der Waals surface area contributed by atoms with Crippen LogP contribution in [0.4, 0.5) is 0 Å². The van der Waals surface area contributed by atoms with Crippen molar-refractivity contribution < 1.29 is 22.7 Å². The summed E-state index contributed by atoms with van der Waals surface area (Å²) in [4.78, 5) is 11.9. The van der Waals surface area contributed by atoms with E-state index in [0.717, 1.165) is 5.56 Å². The molecule has 26 heavy (non-hydrogen) atoms. The van der Waals surface area contributed by atoms with Crippen LogP contribution < -0.4 is 10.1 Å². The molecule has 0 bridgehead atoms. The molecule has 1 N–H and O–H groups in total. The lowest BCUT2D eigenvalue weighted by Crippen LogP contribution is -2.49. The number of hydrogen-bond donors (Lipinski definition) is 1. The maximum atomic E-state index is 12.4. The van der Waals surface area contributed by atoms with Crippen molar-refractivity contribution in [2.24, 2.45) is 0 Å². The second-order valence-corrected chi connectivity index (χ2v) is 8.38. The molecule has 0 radical (unpaired) electrons. The summed E-state index contributed by atoms with van der Waals surface area (Å²) in [6.07, 6.45) is 2.76. The van der Waals surface area contributed by atoms with Gasteiger partial charge in [0.25, 0.3) is 0 Å². The Labute approximate surface area is 155 Å². The number of methoxy groups -OCH3 is 1. The first-order valence-corrected chi connectivity index (χ1v) is 10.1. The molecule has 7 nitrogen and oxygen atoms in total. The second kappa shape index (κ2) is 9.16. The monoisotopic (exact) mass is 382 g/mol. The number of carbonyl (C=O) groups is 1. The standard InChI is InChI=1S/C18H26N2O5S/c1-14-12-20(13-15(2)25-14)26(22,23)10-9-19-18(21)8-7-16-5-4-6-17(11-16)24-3/h4-8,11,14-15H,9-10,12-13H2,1-3H3,(H,19,21)/b8-7+. The quantitative estimate of drug-likeness (QED) is 0.718. The maximum absolute atomic E-state index is 12.4. The molecule has 1 aliphatic rings. The Kier molecular flexibility index (Phi) is 7.19. The Morgan fingerprint density at radius 1 is 1.35 bits per heavy atom. The van der Waals surface area contributed by atoms with Gasteiger partial charge in [-0.25, -0.2) is 8.42 Å². The van der Waals surface area contributed by atoms with Gasteiger partial charge in [-0.05, 0) is 37.6 Å². The molecule has 1 amide bonds. The van der Waals surface area contributed by atoms with E-state index in [1.165, 1.54) is 10.4 Å². The number of amides is 1. The molecular weight excluding hydrogens is 356 g/mol. The summed E-state index contributed by atoms with van der Waals surface area (Å²) in [5.74, 6) is 0.227. The number of morpholine rings is 1. The number of sulfonamides is 1. The number of hydrogen-bond acceptors (Lipinski definition) is 5. The summed E-state index contributed by atoms with van der Waals surface area (Å²) >= 11 is 0. The van der Waals surface area contributed by atoms with E-state index in [-0.39, 0.29) is 30.4 Å². The van der Waals surface area contributed by atoms with Crippen LogP contribution in [0.3, 0.4) is 0 Å². The SMILES string of the molecule is COc1cccc(/C=C/C(=O)NCCS(=O)(=O)N2CC(C)OC(C)C2)c1. The lowest BCUT2D eigenvalue weighted by Gasteiger charge is -2.34. The van der Waals surface area contributed by atoms with Gasteiger partial charge in [-0.2, -0.15) is 4.31 Å². The normalized spacial score (nSPS) is 21.7. The molecule has 1 heterocycles. The molecule has 1 saturated heterocycles. The first-order chi connectivity index (χ1) is 12.3. The zero-order chi connectivity index (χ0) is 19.2. The summed E-state index contributed by atoms with van der Waals surface area (Å²) in [5, 5.41) is 2.61. The number of rotatable bonds is 7. The molecule has 0 aromatic heterocycles. The predicted molar refractivity (Wildman–Crippen MR) is 100 cm³/mol. The van der Waals surface area contributed by atoms with Crippen molar-refractivity contribution in [3.05, 3.63) is 35.9 Å². The molecule has 2 unspecified atom stereocenters. The first kappa shape index (κ1) is 20.4. The molecule has 0 aliphatic carbocycles. The molecule has 2 atom stereocenters. The Morgan fingerprint density at radius 3 is 2.69 bits per heavy atom. The van der Waals surface area contributed by atoms with E-state index >= 15 is 0 Å². The van der Waals surface area contributed by atoms with Gasteiger partial charge in [-0.1, -0.05) is 12.1 Å². The fraction of sp³-hybridized carbons (Fsp3) is 0.500. The highest BCUT2D eigenvalue weighted by molar-refractivity contribution is 7.89. The smallest absolute Gasteiger partial charge is 0.244 e. The van der Waals surface area contributed by atoms with E-state index < -0.39 is 10.0 Å². The summed E-state index contributed by atoms with van der Waals surface area (Å²) in [7, 11) is -1.85. The number of nitrogens with zero attached hydrogens (tertiary/aromatic N) is 1. The van der Waals surface area contributed by atoms with Crippen molar-refractivity contribution in [3.8, 4) is 5.75 Å². The summed E-state index contributed by atoms with van der Waals surface area (Å²) in [6.45, 7) is 4.45. The minimum atomic E-state index is -3.42. The second-order valence-electron chi connectivity index (χ2n) is 6.29. The van der Waals surface area contributed by atoms with Gasteiger partial charge in [-0.15, -0.1) is 0 Å². The van der Waals surface area contributed by atoms with E-state index in [9.17, 15) is 13.2 Å². The van der Waals surface area contributed by atoms with Crippen LogP contribution in [0.25, 0.3) is 6.08 Å². The van der Waals surface area contributed by atoms with Crippen molar-refractivity contribution in [1.82, 2.24) is 9.62 Å². The van der Waals surface area contributed by atoms with Crippen molar-refractivity contribution in [2.45, 2.75) is 26.1 Å². The molecule has 144 valence electrons. The minimum Gasteiger partial charge on any atom is -0.497 e. The Balaban J connectivity index is 1.82. The Hall–Kier alpha value is -1.90. The lowest BCUT2D eigenvalue weighted by molar-refractivity contribution is -0.116. The number of nitrogens with one attached hydrogen (secondary N) is 1. The van der Waals surface area contributed by atoms with Crippen molar-refractivity contribution >= 4 is 22.0 Å². The van der Waals surface area contributed by atoms with E-state index in [0.29, 0.717) is 18.8 Å². The fourth-order valence-corrected chi connectivity index (χ4v) is 4.26. The molecule has 1 fully saturated rings. The number of ether oxygens (including phenoxy) is 2. The van der Waals surface area contributed by atoms with E-state index in [4.69, 9.17) is 9.47 Å². The van der Waals surface area contributed by atoms with Crippen LogP contribution in [-0.4, -0.2) is 63.3 Å². The Bertz CT molecular complexity index is 738. The minimum absolute atomic E-state index is 0.0593. The number of carbonyl (C=O) groups excluding carboxylic acids is 1. The van der Waals surface area contributed by atoms with Crippen LogP contribution in [0.2, 0.25) is 0 Å². The maximum Gasteiger partial charge on any atom is 0.244 e. The van der Waals surface area contributed by atoms with Crippen LogP contribution >= 0.6 is 0 Å². The van der Waals surface area contributed by atoms with Gasteiger partial charge in [0.1, 0.15) is 5.75 Å². The van der Waals surface area contributed by atoms with Crippen LogP contribution in [0.1, 0.15) is 19.4 Å². The third-order valence-electron chi connectivity index (χ3n) is 3.96. The molecule has 1 aliphatic heterocycles. The molecule has 0 saturated carbocycles. The highest BCUT2D eigenvalue weighted by Crippen LogP contribution is 2.15. The third kappa shape index (κ3) is 6.12. The average molecular weight is 382 g/mol. The third-order valence-corrected chi connectivity index (χ3v) is 5.76. The number of benzene rings is 1. The molecule has 0 spiro atoms. The highest BCUT2D eigenvalue weighted by atomic mass is 32.2. The predicted octanol–water partition coefficient (Wildman–Crippen LogP) is 1.26. The summed E-state index contributed by atoms with van der Waals surface area (Å²) in [5.41, 5.74) is 0.823. The van der Waals surface area contributed by atoms with E-state index in [2.05, 4.69) is 5.32 Å². The summed E-state index contributed by atoms with van der Waals surface area (Å²) < 4.78 is 36.9. The Morgan fingerprint density at radius 2 is 2.04 bits per heavy atom. The van der Waals surface area contributed by atoms with Gasteiger partial charge in [0.2, 0.25) is 15.9 Å². The molecule has 2 rings (SSSR count). The largest absolute Gasteiger partial charge is 0.497 e.